The van der Waals surface area contributed by atoms with Gasteiger partial charge in [-0.15, -0.1) is 0 Å². The van der Waals surface area contributed by atoms with E-state index in [4.69, 9.17) is 4.74 Å². The second kappa shape index (κ2) is 6.51. The Morgan fingerprint density at radius 2 is 1.88 bits per heavy atom. The summed E-state index contributed by atoms with van der Waals surface area (Å²) in [5.41, 5.74) is 1.12. The quantitative estimate of drug-likeness (QED) is 0.769. The molecule has 1 aromatic rings. The molecule has 16 heavy (non-hydrogen) atoms. The molecule has 0 spiro atoms. The number of benzene rings is 1. The summed E-state index contributed by atoms with van der Waals surface area (Å²) < 4.78 is 5.55. The number of aliphatic hydroxyl groups is 1. The van der Waals surface area contributed by atoms with Gasteiger partial charge in [-0.3, -0.25) is 0 Å². The number of ether oxygens (including phenoxy) is 1. The van der Waals surface area contributed by atoms with Crippen molar-refractivity contribution >= 4 is 0 Å². The van der Waals surface area contributed by atoms with Crippen molar-refractivity contribution in [3.05, 3.63) is 29.8 Å². The van der Waals surface area contributed by atoms with Gasteiger partial charge in [0, 0.05) is 6.54 Å². The summed E-state index contributed by atoms with van der Waals surface area (Å²) >= 11 is 0. The molecule has 0 aliphatic rings. The molecule has 90 valence electrons. The molecule has 0 aliphatic heterocycles. The third kappa shape index (κ3) is 4.64. The SMILES string of the molecule is CNCC(O)Cc1ccc(OC(C)C)cc1. The molecule has 1 aromatic carbocycles. The van der Waals surface area contributed by atoms with E-state index in [2.05, 4.69) is 5.32 Å². The van der Waals surface area contributed by atoms with E-state index in [9.17, 15) is 5.11 Å². The molecule has 2 N–H and O–H groups in total. The molecule has 0 aromatic heterocycles. The fraction of sp³-hybridized carbons (Fsp3) is 0.538. The minimum Gasteiger partial charge on any atom is -0.491 e. The first-order chi connectivity index (χ1) is 7.61. The van der Waals surface area contributed by atoms with Crippen LogP contribution in [0.4, 0.5) is 0 Å². The first-order valence-electron chi connectivity index (χ1n) is 5.70. The Morgan fingerprint density at radius 1 is 1.25 bits per heavy atom. The molecule has 1 atom stereocenters. The van der Waals surface area contributed by atoms with Crippen LogP contribution in [0.5, 0.6) is 5.75 Å². The lowest BCUT2D eigenvalue weighted by Gasteiger charge is -2.12. The zero-order valence-corrected chi connectivity index (χ0v) is 10.2. The Labute approximate surface area is 97.4 Å². The van der Waals surface area contributed by atoms with Gasteiger partial charge in [-0.25, -0.2) is 0 Å². The number of likely N-dealkylation sites (N-methyl/N-ethyl adjacent to an activating group) is 1. The molecule has 3 nitrogen and oxygen atoms in total. The Bertz CT molecular complexity index is 295. The minimum atomic E-state index is -0.332. The minimum absolute atomic E-state index is 0.195. The average Bonchev–Trinajstić information content (AvgIpc) is 2.20. The fourth-order valence-corrected chi connectivity index (χ4v) is 1.56. The molecule has 0 radical (unpaired) electrons. The highest BCUT2D eigenvalue weighted by molar-refractivity contribution is 5.27. The molecule has 0 bridgehead atoms. The van der Waals surface area contributed by atoms with Crippen molar-refractivity contribution in [2.75, 3.05) is 13.6 Å². The van der Waals surface area contributed by atoms with Crippen molar-refractivity contribution in [2.24, 2.45) is 0 Å². The lowest BCUT2D eigenvalue weighted by Crippen LogP contribution is -2.25. The fourth-order valence-electron chi connectivity index (χ4n) is 1.56. The van der Waals surface area contributed by atoms with E-state index in [0.29, 0.717) is 13.0 Å². The van der Waals surface area contributed by atoms with Crippen molar-refractivity contribution in [3.63, 3.8) is 0 Å². The Kier molecular flexibility index (Phi) is 5.29. The van der Waals surface area contributed by atoms with Gasteiger partial charge < -0.3 is 15.2 Å². The van der Waals surface area contributed by atoms with Crippen molar-refractivity contribution in [2.45, 2.75) is 32.5 Å². The average molecular weight is 223 g/mol. The molecular weight excluding hydrogens is 202 g/mol. The number of hydrogen-bond acceptors (Lipinski definition) is 3. The van der Waals surface area contributed by atoms with E-state index in [-0.39, 0.29) is 12.2 Å². The summed E-state index contributed by atoms with van der Waals surface area (Å²) in [7, 11) is 1.84. The van der Waals surface area contributed by atoms with Crippen LogP contribution in [-0.4, -0.2) is 30.9 Å². The van der Waals surface area contributed by atoms with Crippen molar-refractivity contribution in [3.8, 4) is 5.75 Å². The Morgan fingerprint density at radius 3 is 2.38 bits per heavy atom. The van der Waals surface area contributed by atoms with E-state index in [1.165, 1.54) is 0 Å². The highest BCUT2D eigenvalue weighted by atomic mass is 16.5. The standard InChI is InChI=1S/C13H21NO2/c1-10(2)16-13-6-4-11(5-7-13)8-12(15)9-14-3/h4-7,10,12,14-15H,8-9H2,1-3H3. The second-order valence-corrected chi connectivity index (χ2v) is 4.23. The van der Waals surface area contributed by atoms with Crippen molar-refractivity contribution < 1.29 is 9.84 Å². The maximum Gasteiger partial charge on any atom is 0.119 e. The summed E-state index contributed by atoms with van der Waals surface area (Å²) in [4.78, 5) is 0. The molecule has 0 saturated heterocycles. The van der Waals surface area contributed by atoms with E-state index in [0.717, 1.165) is 11.3 Å². The monoisotopic (exact) mass is 223 g/mol. The zero-order chi connectivity index (χ0) is 12.0. The molecule has 0 heterocycles. The highest BCUT2D eigenvalue weighted by Gasteiger charge is 2.04. The number of nitrogens with one attached hydrogen (secondary N) is 1. The molecule has 0 saturated carbocycles. The third-order valence-electron chi connectivity index (χ3n) is 2.21. The lowest BCUT2D eigenvalue weighted by atomic mass is 10.1. The van der Waals surface area contributed by atoms with Gasteiger partial charge in [0.25, 0.3) is 0 Å². The maximum absolute atomic E-state index is 9.62. The zero-order valence-electron chi connectivity index (χ0n) is 10.2. The second-order valence-electron chi connectivity index (χ2n) is 4.23. The van der Waals surface area contributed by atoms with Crippen LogP contribution in [0.3, 0.4) is 0 Å². The van der Waals surface area contributed by atoms with Crippen LogP contribution >= 0.6 is 0 Å². The molecule has 3 heteroatoms. The third-order valence-corrected chi connectivity index (χ3v) is 2.21. The topological polar surface area (TPSA) is 41.5 Å². The highest BCUT2D eigenvalue weighted by Crippen LogP contribution is 2.14. The van der Waals surface area contributed by atoms with Crippen LogP contribution in [0.2, 0.25) is 0 Å². The van der Waals surface area contributed by atoms with Crippen LogP contribution in [-0.2, 0) is 6.42 Å². The Hall–Kier alpha value is -1.06. The first kappa shape index (κ1) is 13.0. The van der Waals surface area contributed by atoms with Crippen molar-refractivity contribution in [1.29, 1.82) is 0 Å². The van der Waals surface area contributed by atoms with Gasteiger partial charge in [-0.05, 0) is 45.0 Å². The predicted octanol–water partition coefficient (Wildman–Crippen LogP) is 1.60. The van der Waals surface area contributed by atoms with Crippen LogP contribution in [0.1, 0.15) is 19.4 Å². The van der Waals surface area contributed by atoms with Gasteiger partial charge in [-0.2, -0.15) is 0 Å². The number of hydrogen-bond donors (Lipinski definition) is 2. The summed E-state index contributed by atoms with van der Waals surface area (Å²) in [5, 5.41) is 12.6. The normalized spacial score (nSPS) is 12.8. The van der Waals surface area contributed by atoms with E-state index in [1.807, 2.05) is 45.2 Å². The van der Waals surface area contributed by atoms with Crippen LogP contribution in [0.25, 0.3) is 0 Å². The smallest absolute Gasteiger partial charge is 0.119 e. The van der Waals surface area contributed by atoms with Gasteiger partial charge in [0.2, 0.25) is 0 Å². The van der Waals surface area contributed by atoms with E-state index >= 15 is 0 Å². The Balaban J connectivity index is 2.50. The van der Waals surface area contributed by atoms with Gasteiger partial charge >= 0.3 is 0 Å². The molecule has 0 fully saturated rings. The predicted molar refractivity (Wildman–Crippen MR) is 65.8 cm³/mol. The molecular formula is C13H21NO2. The van der Waals surface area contributed by atoms with Gasteiger partial charge in [0.15, 0.2) is 0 Å². The van der Waals surface area contributed by atoms with Gasteiger partial charge in [0.05, 0.1) is 12.2 Å². The molecule has 0 aliphatic carbocycles. The number of aliphatic hydroxyl groups excluding tert-OH is 1. The first-order valence-corrected chi connectivity index (χ1v) is 5.70. The lowest BCUT2D eigenvalue weighted by molar-refractivity contribution is 0.174. The summed E-state index contributed by atoms with van der Waals surface area (Å²) in [6, 6.07) is 7.88. The summed E-state index contributed by atoms with van der Waals surface area (Å²) in [6.45, 7) is 4.62. The maximum atomic E-state index is 9.62. The van der Waals surface area contributed by atoms with E-state index < -0.39 is 0 Å². The largest absolute Gasteiger partial charge is 0.491 e. The van der Waals surface area contributed by atoms with Gasteiger partial charge in [0.1, 0.15) is 5.75 Å². The van der Waals surface area contributed by atoms with Crippen LogP contribution in [0, 0.1) is 0 Å². The molecule has 1 unspecified atom stereocenters. The summed E-state index contributed by atoms with van der Waals surface area (Å²) in [5.74, 6) is 0.877. The summed E-state index contributed by atoms with van der Waals surface area (Å²) in [6.07, 6.45) is 0.533. The molecule has 1 rings (SSSR count). The number of rotatable bonds is 6. The van der Waals surface area contributed by atoms with Crippen LogP contribution < -0.4 is 10.1 Å². The molecule has 0 amide bonds. The van der Waals surface area contributed by atoms with Crippen molar-refractivity contribution in [1.82, 2.24) is 5.32 Å². The van der Waals surface area contributed by atoms with E-state index in [1.54, 1.807) is 0 Å². The van der Waals surface area contributed by atoms with Gasteiger partial charge in [-0.1, -0.05) is 12.1 Å². The van der Waals surface area contributed by atoms with Crippen LogP contribution in [0.15, 0.2) is 24.3 Å².